The first-order valence-corrected chi connectivity index (χ1v) is 7.42. The SMILES string of the molecule is C1=CC2NC1=CN1c3ncnc4c3C(CCC21)NCC4. The summed E-state index contributed by atoms with van der Waals surface area (Å²) in [5.74, 6) is 1.11. The summed E-state index contributed by atoms with van der Waals surface area (Å²) in [5, 5.41) is 7.20. The van der Waals surface area contributed by atoms with Crippen molar-refractivity contribution >= 4 is 5.82 Å². The van der Waals surface area contributed by atoms with Crippen LogP contribution in [0.2, 0.25) is 0 Å². The van der Waals surface area contributed by atoms with E-state index in [1.165, 1.54) is 23.4 Å². The van der Waals surface area contributed by atoms with Crippen LogP contribution in [-0.2, 0) is 6.42 Å². The number of nitrogens with zero attached hydrogens (tertiary/aromatic N) is 3. The van der Waals surface area contributed by atoms with Crippen LogP contribution < -0.4 is 15.5 Å². The average Bonchev–Trinajstić information content (AvgIpc) is 2.79. The fourth-order valence-corrected chi connectivity index (χ4v) is 3.99. The summed E-state index contributed by atoms with van der Waals surface area (Å²) in [4.78, 5) is 11.5. The molecule has 0 spiro atoms. The standard InChI is InChI=1S/C15H17N5/c1-2-10-13-4-3-11-14-12(5-6-16-11)17-8-18-15(14)20(13)7-9(1)19-10/h1-2,7-8,10-11,13,16,19H,3-6H2. The molecule has 2 N–H and O–H groups in total. The minimum Gasteiger partial charge on any atom is -0.376 e. The zero-order valence-electron chi connectivity index (χ0n) is 11.2. The van der Waals surface area contributed by atoms with Gasteiger partial charge < -0.3 is 15.5 Å². The molecule has 5 rings (SSSR count). The molecule has 3 unspecified atom stereocenters. The summed E-state index contributed by atoms with van der Waals surface area (Å²) in [6, 6.07) is 1.30. The van der Waals surface area contributed by atoms with Crippen LogP contribution in [0, 0.1) is 0 Å². The van der Waals surface area contributed by atoms with E-state index in [4.69, 9.17) is 0 Å². The molecule has 1 aromatic heterocycles. The van der Waals surface area contributed by atoms with E-state index in [9.17, 15) is 0 Å². The molecular weight excluding hydrogens is 250 g/mol. The molecule has 5 heterocycles. The molecule has 0 fully saturated rings. The van der Waals surface area contributed by atoms with Gasteiger partial charge in [0, 0.05) is 30.8 Å². The van der Waals surface area contributed by atoms with Gasteiger partial charge in [0.25, 0.3) is 0 Å². The maximum atomic E-state index is 4.63. The van der Waals surface area contributed by atoms with Gasteiger partial charge in [0.05, 0.1) is 23.5 Å². The first-order chi connectivity index (χ1) is 9.90. The molecule has 1 aromatic rings. The Morgan fingerprint density at radius 2 is 2.25 bits per heavy atom. The lowest BCUT2D eigenvalue weighted by atomic mass is 9.95. The van der Waals surface area contributed by atoms with Gasteiger partial charge in [-0.1, -0.05) is 6.08 Å². The molecule has 0 amide bonds. The Kier molecular flexibility index (Phi) is 2.07. The largest absolute Gasteiger partial charge is 0.376 e. The summed E-state index contributed by atoms with van der Waals surface area (Å²) >= 11 is 0. The van der Waals surface area contributed by atoms with Crippen molar-refractivity contribution in [3.05, 3.63) is 41.6 Å². The van der Waals surface area contributed by atoms with E-state index in [-0.39, 0.29) is 0 Å². The van der Waals surface area contributed by atoms with Crippen LogP contribution in [0.5, 0.6) is 0 Å². The van der Waals surface area contributed by atoms with Crippen molar-refractivity contribution in [3.8, 4) is 0 Å². The van der Waals surface area contributed by atoms with Crippen LogP contribution in [-0.4, -0.2) is 28.6 Å². The van der Waals surface area contributed by atoms with E-state index in [0.29, 0.717) is 18.1 Å². The quantitative estimate of drug-likeness (QED) is 0.735. The van der Waals surface area contributed by atoms with Crippen molar-refractivity contribution in [2.24, 2.45) is 0 Å². The molecule has 0 saturated carbocycles. The number of anilines is 1. The molecule has 0 aromatic carbocycles. The maximum Gasteiger partial charge on any atom is 0.141 e. The summed E-state index contributed by atoms with van der Waals surface area (Å²) in [6.07, 6.45) is 11.7. The van der Waals surface area contributed by atoms with Crippen LogP contribution in [0.4, 0.5) is 5.82 Å². The molecule has 0 aliphatic carbocycles. The Bertz CT molecular complexity index is 635. The van der Waals surface area contributed by atoms with Crippen molar-refractivity contribution < 1.29 is 0 Å². The van der Waals surface area contributed by atoms with Gasteiger partial charge >= 0.3 is 0 Å². The highest BCUT2D eigenvalue weighted by Crippen LogP contribution is 2.40. The monoisotopic (exact) mass is 267 g/mol. The number of rotatable bonds is 0. The molecule has 5 nitrogen and oxygen atoms in total. The van der Waals surface area contributed by atoms with Crippen LogP contribution in [0.15, 0.2) is 30.4 Å². The lowest BCUT2D eigenvalue weighted by molar-refractivity contribution is 0.424. The zero-order valence-corrected chi connectivity index (χ0v) is 11.2. The number of hydrogen-bond donors (Lipinski definition) is 2. The predicted octanol–water partition coefficient (Wildman–Crippen LogP) is 1.02. The normalized spacial score (nSPS) is 32.9. The molecule has 0 saturated heterocycles. The molecular formula is C15H17N5. The molecule has 102 valence electrons. The zero-order chi connectivity index (χ0) is 13.1. The van der Waals surface area contributed by atoms with E-state index in [1.54, 1.807) is 6.33 Å². The third-order valence-corrected chi connectivity index (χ3v) is 4.91. The molecule has 2 bridgehead atoms. The molecule has 20 heavy (non-hydrogen) atoms. The van der Waals surface area contributed by atoms with E-state index in [1.807, 2.05) is 0 Å². The van der Waals surface area contributed by atoms with Gasteiger partial charge in [0.15, 0.2) is 0 Å². The smallest absolute Gasteiger partial charge is 0.141 e. The third-order valence-electron chi connectivity index (χ3n) is 4.91. The second-order valence-corrected chi connectivity index (χ2v) is 5.98. The first-order valence-electron chi connectivity index (χ1n) is 7.42. The average molecular weight is 267 g/mol. The minimum atomic E-state index is 0.417. The van der Waals surface area contributed by atoms with E-state index in [2.05, 4.69) is 43.9 Å². The topological polar surface area (TPSA) is 53.1 Å². The Balaban J connectivity index is 1.71. The predicted molar refractivity (Wildman–Crippen MR) is 76.1 cm³/mol. The Morgan fingerprint density at radius 1 is 1.25 bits per heavy atom. The van der Waals surface area contributed by atoms with Crippen molar-refractivity contribution in [3.63, 3.8) is 0 Å². The van der Waals surface area contributed by atoms with Crippen LogP contribution >= 0.6 is 0 Å². The number of nitrogens with one attached hydrogen (secondary N) is 2. The lowest BCUT2D eigenvalue weighted by Crippen LogP contribution is -2.48. The van der Waals surface area contributed by atoms with Crippen LogP contribution in [0.25, 0.3) is 0 Å². The number of hydrogen-bond acceptors (Lipinski definition) is 5. The maximum absolute atomic E-state index is 4.63. The van der Waals surface area contributed by atoms with E-state index in [0.717, 1.165) is 25.2 Å². The third kappa shape index (κ3) is 1.36. The first kappa shape index (κ1) is 10.9. The van der Waals surface area contributed by atoms with Gasteiger partial charge in [0.1, 0.15) is 12.1 Å². The highest BCUT2D eigenvalue weighted by Gasteiger charge is 2.39. The Morgan fingerprint density at radius 3 is 3.25 bits per heavy atom. The van der Waals surface area contributed by atoms with Gasteiger partial charge in [-0.3, -0.25) is 0 Å². The minimum absolute atomic E-state index is 0.417. The highest BCUT2D eigenvalue weighted by atomic mass is 15.3. The lowest BCUT2D eigenvalue weighted by Gasteiger charge is -2.36. The molecule has 3 atom stereocenters. The van der Waals surface area contributed by atoms with Crippen molar-refractivity contribution in [2.75, 3.05) is 11.4 Å². The summed E-state index contributed by atoms with van der Waals surface area (Å²) in [7, 11) is 0. The summed E-state index contributed by atoms with van der Waals surface area (Å²) in [6.45, 7) is 1.03. The van der Waals surface area contributed by atoms with Gasteiger partial charge in [-0.05, 0) is 18.9 Å². The second-order valence-electron chi connectivity index (χ2n) is 5.98. The van der Waals surface area contributed by atoms with E-state index >= 15 is 0 Å². The van der Waals surface area contributed by atoms with Gasteiger partial charge in [-0.2, -0.15) is 0 Å². The van der Waals surface area contributed by atoms with Gasteiger partial charge in [0.2, 0.25) is 0 Å². The van der Waals surface area contributed by atoms with Crippen molar-refractivity contribution in [1.29, 1.82) is 0 Å². The second kappa shape index (κ2) is 3.82. The van der Waals surface area contributed by atoms with Gasteiger partial charge in [-0.25, -0.2) is 9.97 Å². The molecule has 5 heteroatoms. The summed E-state index contributed by atoms with van der Waals surface area (Å²) in [5.41, 5.74) is 3.76. The Hall–Kier alpha value is -1.88. The number of allylic oxidation sites excluding steroid dienone is 1. The van der Waals surface area contributed by atoms with Crippen molar-refractivity contribution in [2.45, 2.75) is 37.4 Å². The van der Waals surface area contributed by atoms with Crippen LogP contribution in [0.1, 0.15) is 30.1 Å². The van der Waals surface area contributed by atoms with E-state index < -0.39 is 0 Å². The fraction of sp³-hybridized carbons (Fsp3) is 0.467. The molecule has 0 radical (unpaired) electrons. The van der Waals surface area contributed by atoms with Crippen LogP contribution in [0.3, 0.4) is 0 Å². The summed E-state index contributed by atoms with van der Waals surface area (Å²) < 4.78 is 0. The van der Waals surface area contributed by atoms with Crippen molar-refractivity contribution in [1.82, 2.24) is 20.6 Å². The fourth-order valence-electron chi connectivity index (χ4n) is 3.99. The number of aromatic nitrogens is 2. The molecule has 4 aliphatic heterocycles. The molecule has 4 aliphatic rings. The number of fused-ring (bicyclic) bond motifs is 5. The Labute approximate surface area is 117 Å². The van der Waals surface area contributed by atoms with Gasteiger partial charge in [-0.15, -0.1) is 0 Å². The highest BCUT2D eigenvalue weighted by molar-refractivity contribution is 5.59.